The summed E-state index contributed by atoms with van der Waals surface area (Å²) in [6.45, 7) is 7.98. The van der Waals surface area contributed by atoms with Gasteiger partial charge in [0.2, 0.25) is 11.8 Å². The summed E-state index contributed by atoms with van der Waals surface area (Å²) in [5, 5.41) is 8.73. The lowest BCUT2D eigenvalue weighted by atomic mass is 9.98. The van der Waals surface area contributed by atoms with E-state index in [-0.39, 0.29) is 18.4 Å². The predicted molar refractivity (Wildman–Crippen MR) is 111 cm³/mol. The summed E-state index contributed by atoms with van der Waals surface area (Å²) in [5.41, 5.74) is 3.06. The highest BCUT2D eigenvalue weighted by molar-refractivity contribution is 6.04. The van der Waals surface area contributed by atoms with Crippen LogP contribution in [0.15, 0.2) is 29.4 Å². The monoisotopic (exact) mass is 384 g/mol. The molecule has 2 aliphatic rings. The van der Waals surface area contributed by atoms with Crippen LogP contribution in [0.1, 0.15) is 57.1 Å². The molecule has 2 heterocycles. The summed E-state index contributed by atoms with van der Waals surface area (Å²) in [4.78, 5) is 27.0. The van der Waals surface area contributed by atoms with Crippen molar-refractivity contribution in [3.63, 3.8) is 0 Å². The van der Waals surface area contributed by atoms with Gasteiger partial charge in [0, 0.05) is 38.0 Å². The third-order valence-electron chi connectivity index (χ3n) is 5.85. The normalized spacial score (nSPS) is 23.5. The number of amides is 2. The lowest BCUT2D eigenvalue weighted by Gasteiger charge is -2.39. The first kappa shape index (κ1) is 20.5. The van der Waals surface area contributed by atoms with Crippen molar-refractivity contribution in [1.82, 2.24) is 15.2 Å². The van der Waals surface area contributed by atoms with E-state index < -0.39 is 0 Å². The molecule has 0 unspecified atom stereocenters. The Morgan fingerprint density at radius 2 is 1.82 bits per heavy atom. The predicted octanol–water partition coefficient (Wildman–Crippen LogP) is 2.70. The fraction of sp³-hybridized carbons (Fsp3) is 0.591. The quantitative estimate of drug-likeness (QED) is 0.820. The van der Waals surface area contributed by atoms with Crippen molar-refractivity contribution in [3.05, 3.63) is 35.4 Å². The second-order valence-corrected chi connectivity index (χ2v) is 8.08. The third kappa shape index (κ3) is 5.19. The Kier molecular flexibility index (Phi) is 6.83. The molecule has 0 spiro atoms. The number of carbonyl (C=O) groups excluding carboxylic acids is 2. The van der Waals surface area contributed by atoms with E-state index in [0.29, 0.717) is 31.5 Å². The number of hydrogen-bond acceptors (Lipinski definition) is 4. The zero-order valence-electron chi connectivity index (χ0n) is 17.3. The molecule has 2 aliphatic heterocycles. The molecule has 2 amide bonds. The molecule has 28 heavy (non-hydrogen) atoms. The van der Waals surface area contributed by atoms with Crippen molar-refractivity contribution in [2.75, 3.05) is 19.6 Å². The third-order valence-corrected chi connectivity index (χ3v) is 5.85. The van der Waals surface area contributed by atoms with Crippen molar-refractivity contribution in [2.24, 2.45) is 5.10 Å². The number of rotatable bonds is 6. The van der Waals surface area contributed by atoms with Gasteiger partial charge in [-0.25, -0.2) is 5.01 Å². The van der Waals surface area contributed by atoms with Crippen LogP contribution in [0, 0.1) is 6.92 Å². The Balaban J connectivity index is 1.52. The van der Waals surface area contributed by atoms with Crippen molar-refractivity contribution in [3.8, 4) is 0 Å². The van der Waals surface area contributed by atoms with Crippen LogP contribution in [0.4, 0.5) is 0 Å². The molecular formula is C22H32N4O2. The standard InChI is InChI=1S/C22H32N4O2/c1-16-7-9-19(10-8-16)20-11-12-22(28)26(24-20)15-21(27)23-13-14-25-17(2)5-4-6-18(25)3/h7-10,17-18H,4-6,11-15H2,1-3H3,(H,23,27)/t17-,18+. The van der Waals surface area contributed by atoms with Crippen LogP contribution in [0.5, 0.6) is 0 Å². The molecule has 1 aromatic carbocycles. The van der Waals surface area contributed by atoms with Gasteiger partial charge >= 0.3 is 0 Å². The Labute approximate surface area is 168 Å². The highest BCUT2D eigenvalue weighted by atomic mass is 16.2. The Morgan fingerprint density at radius 1 is 1.14 bits per heavy atom. The Hall–Kier alpha value is -2.21. The smallest absolute Gasteiger partial charge is 0.243 e. The molecule has 6 nitrogen and oxygen atoms in total. The molecule has 1 fully saturated rings. The zero-order valence-corrected chi connectivity index (χ0v) is 17.3. The number of aryl methyl sites for hydroxylation is 1. The molecule has 1 aromatic rings. The maximum Gasteiger partial charge on any atom is 0.243 e. The molecule has 0 bridgehead atoms. The van der Waals surface area contributed by atoms with Crippen molar-refractivity contribution in [1.29, 1.82) is 0 Å². The van der Waals surface area contributed by atoms with Crippen LogP contribution >= 0.6 is 0 Å². The summed E-state index contributed by atoms with van der Waals surface area (Å²) in [6.07, 6.45) is 4.73. The van der Waals surface area contributed by atoms with Gasteiger partial charge in [0.1, 0.15) is 6.54 Å². The minimum Gasteiger partial charge on any atom is -0.353 e. The number of carbonyl (C=O) groups is 2. The number of nitrogens with one attached hydrogen (secondary N) is 1. The number of hydrogen-bond donors (Lipinski definition) is 1. The SMILES string of the molecule is Cc1ccc(C2=NN(CC(=O)NCCN3[C@H](C)CCC[C@@H]3C)C(=O)CC2)cc1. The molecule has 1 saturated heterocycles. The summed E-state index contributed by atoms with van der Waals surface area (Å²) < 4.78 is 0. The number of nitrogens with zero attached hydrogens (tertiary/aromatic N) is 3. The second kappa shape index (κ2) is 9.32. The first-order valence-electron chi connectivity index (χ1n) is 10.4. The molecule has 0 aromatic heterocycles. The number of likely N-dealkylation sites (tertiary alicyclic amines) is 1. The van der Waals surface area contributed by atoms with Crippen molar-refractivity contribution in [2.45, 2.75) is 65.0 Å². The summed E-state index contributed by atoms with van der Waals surface area (Å²) in [7, 11) is 0. The number of hydrazone groups is 1. The molecule has 2 atom stereocenters. The minimum atomic E-state index is -0.153. The van der Waals surface area contributed by atoms with Gasteiger partial charge in [0.25, 0.3) is 0 Å². The van der Waals surface area contributed by atoms with E-state index in [2.05, 4.69) is 29.2 Å². The molecule has 6 heteroatoms. The van der Waals surface area contributed by atoms with E-state index in [9.17, 15) is 9.59 Å². The Morgan fingerprint density at radius 3 is 2.50 bits per heavy atom. The van der Waals surface area contributed by atoms with Gasteiger partial charge in [-0.3, -0.25) is 14.5 Å². The van der Waals surface area contributed by atoms with Gasteiger partial charge in [-0.2, -0.15) is 5.10 Å². The molecule has 0 radical (unpaired) electrons. The van der Waals surface area contributed by atoms with E-state index in [0.717, 1.165) is 17.8 Å². The topological polar surface area (TPSA) is 65.0 Å². The summed E-state index contributed by atoms with van der Waals surface area (Å²) in [6, 6.07) is 9.23. The average Bonchev–Trinajstić information content (AvgIpc) is 2.66. The molecule has 1 N–H and O–H groups in total. The molecule has 0 aliphatic carbocycles. The molecule has 152 valence electrons. The largest absolute Gasteiger partial charge is 0.353 e. The maximum absolute atomic E-state index is 12.4. The molecule has 0 saturated carbocycles. The first-order valence-corrected chi connectivity index (χ1v) is 10.4. The van der Waals surface area contributed by atoms with E-state index in [1.807, 2.05) is 31.2 Å². The van der Waals surface area contributed by atoms with Gasteiger partial charge in [-0.05, 0) is 39.2 Å². The highest BCUT2D eigenvalue weighted by Gasteiger charge is 2.25. The van der Waals surface area contributed by atoms with E-state index in [4.69, 9.17) is 0 Å². The highest BCUT2D eigenvalue weighted by Crippen LogP contribution is 2.21. The van der Waals surface area contributed by atoms with Crippen LogP contribution in [0.2, 0.25) is 0 Å². The molecular weight excluding hydrogens is 352 g/mol. The zero-order chi connectivity index (χ0) is 20.1. The first-order chi connectivity index (χ1) is 13.4. The van der Waals surface area contributed by atoms with Gasteiger partial charge in [0.05, 0.1) is 5.71 Å². The van der Waals surface area contributed by atoms with Crippen LogP contribution in [0.25, 0.3) is 0 Å². The molecule has 3 rings (SSSR count). The van der Waals surface area contributed by atoms with Crippen molar-refractivity contribution >= 4 is 17.5 Å². The van der Waals surface area contributed by atoms with E-state index in [1.165, 1.54) is 29.8 Å². The van der Waals surface area contributed by atoms with Crippen LogP contribution < -0.4 is 5.32 Å². The lowest BCUT2D eigenvalue weighted by molar-refractivity contribution is -0.136. The van der Waals surface area contributed by atoms with Crippen LogP contribution in [-0.2, 0) is 9.59 Å². The summed E-state index contributed by atoms with van der Waals surface area (Å²) >= 11 is 0. The minimum absolute atomic E-state index is 0.0146. The lowest BCUT2D eigenvalue weighted by Crippen LogP contribution is -2.48. The maximum atomic E-state index is 12.4. The van der Waals surface area contributed by atoms with Crippen LogP contribution in [0.3, 0.4) is 0 Å². The van der Waals surface area contributed by atoms with Crippen molar-refractivity contribution < 1.29 is 9.59 Å². The van der Waals surface area contributed by atoms with Gasteiger partial charge in [-0.15, -0.1) is 0 Å². The number of benzene rings is 1. The van der Waals surface area contributed by atoms with Gasteiger partial charge < -0.3 is 5.32 Å². The number of piperidine rings is 1. The summed E-state index contributed by atoms with van der Waals surface area (Å²) in [5.74, 6) is -0.246. The second-order valence-electron chi connectivity index (χ2n) is 8.08. The van der Waals surface area contributed by atoms with Gasteiger partial charge in [-0.1, -0.05) is 36.2 Å². The van der Waals surface area contributed by atoms with E-state index in [1.54, 1.807) is 0 Å². The Bertz CT molecular complexity index is 719. The van der Waals surface area contributed by atoms with Crippen LogP contribution in [-0.4, -0.2) is 59.2 Å². The average molecular weight is 385 g/mol. The fourth-order valence-electron chi connectivity index (χ4n) is 4.11. The fourth-order valence-corrected chi connectivity index (χ4v) is 4.11. The van der Waals surface area contributed by atoms with Gasteiger partial charge in [0.15, 0.2) is 0 Å². The van der Waals surface area contributed by atoms with E-state index >= 15 is 0 Å².